The molecule has 0 aliphatic carbocycles. The van der Waals surface area contributed by atoms with Gasteiger partial charge in [0.05, 0.1) is 5.69 Å². The van der Waals surface area contributed by atoms with Crippen LogP contribution in [0, 0.1) is 11.3 Å². The van der Waals surface area contributed by atoms with E-state index in [0.29, 0.717) is 0 Å². The van der Waals surface area contributed by atoms with Gasteiger partial charge in [-0.1, -0.05) is 0 Å². The topological polar surface area (TPSA) is 81.0 Å². The van der Waals surface area contributed by atoms with Crippen molar-refractivity contribution in [2.45, 2.75) is 32.9 Å². The summed E-state index contributed by atoms with van der Waals surface area (Å²) in [4.78, 5) is 19.8. The van der Waals surface area contributed by atoms with Gasteiger partial charge in [0.25, 0.3) is 5.91 Å². The van der Waals surface area contributed by atoms with Crippen molar-refractivity contribution < 1.29 is 4.79 Å². The second-order valence-electron chi connectivity index (χ2n) is 5.32. The van der Waals surface area contributed by atoms with Crippen molar-refractivity contribution in [2.24, 2.45) is 0 Å². The number of carbonyl (C=O) groups is 1. The molecule has 1 amide bonds. The van der Waals surface area contributed by atoms with Gasteiger partial charge in [-0.2, -0.15) is 5.26 Å². The first kappa shape index (κ1) is 15.5. The third-order valence-corrected chi connectivity index (χ3v) is 4.06. The third kappa shape index (κ3) is 4.03. The summed E-state index contributed by atoms with van der Waals surface area (Å²) in [5, 5.41) is 15.4. The van der Waals surface area contributed by atoms with E-state index < -0.39 is 0 Å². The fourth-order valence-corrected chi connectivity index (χ4v) is 3.06. The van der Waals surface area contributed by atoms with Crippen LogP contribution in [0.15, 0.2) is 11.8 Å². The van der Waals surface area contributed by atoms with Crippen LogP contribution in [-0.4, -0.2) is 35.4 Å². The van der Waals surface area contributed by atoms with Crippen LogP contribution in [-0.2, 0) is 17.8 Å². The molecule has 1 aromatic heterocycles. The number of likely N-dealkylation sites (N-methyl/N-ethyl adjacent to an activating group) is 1. The molecule has 0 bridgehead atoms. The van der Waals surface area contributed by atoms with Gasteiger partial charge in [0.15, 0.2) is 5.13 Å². The molecule has 0 saturated heterocycles. The van der Waals surface area contributed by atoms with E-state index in [0.717, 1.165) is 30.3 Å². The van der Waals surface area contributed by atoms with Crippen LogP contribution >= 0.6 is 11.3 Å². The number of carbonyl (C=O) groups excluding carboxylic acids is 1. The molecule has 0 saturated carbocycles. The Morgan fingerprint density at radius 1 is 1.57 bits per heavy atom. The highest BCUT2D eigenvalue weighted by Gasteiger charge is 2.18. The molecular weight excluding hydrogens is 286 g/mol. The van der Waals surface area contributed by atoms with Crippen molar-refractivity contribution >= 4 is 22.4 Å². The highest BCUT2D eigenvalue weighted by atomic mass is 32.1. The monoisotopic (exact) mass is 305 g/mol. The lowest BCUT2D eigenvalue weighted by Crippen LogP contribution is -2.31. The van der Waals surface area contributed by atoms with Crippen LogP contribution in [0.25, 0.3) is 0 Å². The van der Waals surface area contributed by atoms with E-state index in [9.17, 15) is 4.79 Å². The molecule has 0 spiro atoms. The van der Waals surface area contributed by atoms with E-state index in [-0.39, 0.29) is 17.5 Å². The van der Waals surface area contributed by atoms with Crippen molar-refractivity contribution in [3.63, 3.8) is 0 Å². The summed E-state index contributed by atoms with van der Waals surface area (Å²) in [6, 6.07) is 1.90. The zero-order chi connectivity index (χ0) is 15.4. The quantitative estimate of drug-likeness (QED) is 0.650. The van der Waals surface area contributed by atoms with E-state index >= 15 is 0 Å². The molecular formula is C14H19N5OS. The highest BCUT2D eigenvalue weighted by Crippen LogP contribution is 2.27. The zero-order valence-corrected chi connectivity index (χ0v) is 13.3. The Morgan fingerprint density at radius 2 is 2.33 bits per heavy atom. The average Bonchev–Trinajstić information content (AvgIpc) is 2.80. The standard InChI is InChI=1S/C14H19N5OS/c1-9(2)17-13(20)10(6-15)7-16-14-18-11-4-5-19(3)8-12(11)21-14/h7,9H,4-5,8H2,1-3H3,(H,16,18)(H,17,20)/b10-7-. The molecule has 2 rings (SSSR count). The van der Waals surface area contributed by atoms with E-state index in [4.69, 9.17) is 5.26 Å². The lowest BCUT2D eigenvalue weighted by atomic mass is 10.2. The van der Waals surface area contributed by atoms with Gasteiger partial charge in [0, 0.05) is 36.6 Å². The maximum Gasteiger partial charge on any atom is 0.263 e. The van der Waals surface area contributed by atoms with Gasteiger partial charge in [0.1, 0.15) is 11.6 Å². The summed E-state index contributed by atoms with van der Waals surface area (Å²) in [5.74, 6) is -0.374. The van der Waals surface area contributed by atoms with Gasteiger partial charge in [-0.25, -0.2) is 4.98 Å². The van der Waals surface area contributed by atoms with Gasteiger partial charge in [0.2, 0.25) is 0 Å². The molecule has 2 heterocycles. The summed E-state index contributed by atoms with van der Waals surface area (Å²) in [5.41, 5.74) is 1.16. The number of nitrogens with zero attached hydrogens (tertiary/aromatic N) is 3. The Morgan fingerprint density at radius 3 is 3.00 bits per heavy atom. The number of hydrogen-bond acceptors (Lipinski definition) is 6. The summed E-state index contributed by atoms with van der Waals surface area (Å²) in [6.07, 6.45) is 2.36. The van der Waals surface area contributed by atoms with Crippen molar-refractivity contribution in [3.05, 3.63) is 22.3 Å². The fourth-order valence-electron chi connectivity index (χ4n) is 2.01. The molecule has 0 radical (unpaired) electrons. The Balaban J connectivity index is 2.06. The number of aromatic nitrogens is 1. The van der Waals surface area contributed by atoms with Crippen molar-refractivity contribution in [3.8, 4) is 6.07 Å². The number of amides is 1. The van der Waals surface area contributed by atoms with Crippen LogP contribution in [0.2, 0.25) is 0 Å². The molecule has 112 valence electrons. The lowest BCUT2D eigenvalue weighted by molar-refractivity contribution is -0.117. The first-order valence-corrected chi connectivity index (χ1v) is 7.66. The van der Waals surface area contributed by atoms with E-state index in [1.807, 2.05) is 19.9 Å². The highest BCUT2D eigenvalue weighted by molar-refractivity contribution is 7.15. The summed E-state index contributed by atoms with van der Waals surface area (Å²) in [6.45, 7) is 5.61. The van der Waals surface area contributed by atoms with E-state index in [2.05, 4.69) is 27.6 Å². The third-order valence-electron chi connectivity index (χ3n) is 3.05. The molecule has 21 heavy (non-hydrogen) atoms. The number of nitrogens with one attached hydrogen (secondary N) is 2. The number of rotatable bonds is 4. The number of hydrogen-bond donors (Lipinski definition) is 2. The fraction of sp³-hybridized carbons (Fsp3) is 0.500. The Kier molecular flexibility index (Phi) is 4.94. The van der Waals surface area contributed by atoms with Crippen molar-refractivity contribution in [2.75, 3.05) is 18.9 Å². The average molecular weight is 305 g/mol. The largest absolute Gasteiger partial charge is 0.349 e. The van der Waals surface area contributed by atoms with Gasteiger partial charge >= 0.3 is 0 Å². The number of anilines is 1. The Labute approximate surface area is 128 Å². The molecule has 6 nitrogen and oxygen atoms in total. The van der Waals surface area contributed by atoms with Gasteiger partial charge in [-0.15, -0.1) is 11.3 Å². The van der Waals surface area contributed by atoms with Gasteiger partial charge < -0.3 is 15.5 Å². The molecule has 1 aliphatic heterocycles. The number of fused-ring (bicyclic) bond motifs is 1. The summed E-state index contributed by atoms with van der Waals surface area (Å²) in [7, 11) is 2.08. The first-order valence-electron chi connectivity index (χ1n) is 6.84. The Hall–Kier alpha value is -1.91. The van der Waals surface area contributed by atoms with Crippen LogP contribution in [0.1, 0.15) is 24.4 Å². The number of nitriles is 1. The molecule has 2 N–H and O–H groups in total. The van der Waals surface area contributed by atoms with E-state index in [1.165, 1.54) is 11.1 Å². The Bertz CT molecular complexity index is 599. The SMILES string of the molecule is CC(C)NC(=O)/C(C#N)=C\Nc1nc2c(s1)CN(C)CC2. The lowest BCUT2D eigenvalue weighted by Gasteiger charge is -2.20. The number of thiazole rings is 1. The summed E-state index contributed by atoms with van der Waals surface area (Å²) < 4.78 is 0. The maximum absolute atomic E-state index is 11.8. The van der Waals surface area contributed by atoms with Crippen LogP contribution in [0.4, 0.5) is 5.13 Å². The molecule has 1 aromatic rings. The van der Waals surface area contributed by atoms with E-state index in [1.54, 1.807) is 11.3 Å². The maximum atomic E-state index is 11.8. The molecule has 0 atom stereocenters. The zero-order valence-electron chi connectivity index (χ0n) is 12.4. The predicted octanol–water partition coefficient (Wildman–Crippen LogP) is 1.47. The molecule has 0 unspecified atom stereocenters. The molecule has 0 fully saturated rings. The molecule has 7 heteroatoms. The molecule has 1 aliphatic rings. The van der Waals surface area contributed by atoms with Gasteiger partial charge in [-0.05, 0) is 20.9 Å². The van der Waals surface area contributed by atoms with Gasteiger partial charge in [-0.3, -0.25) is 4.79 Å². The predicted molar refractivity (Wildman–Crippen MR) is 82.7 cm³/mol. The van der Waals surface area contributed by atoms with Crippen LogP contribution in [0.5, 0.6) is 0 Å². The molecule has 0 aromatic carbocycles. The normalized spacial score (nSPS) is 15.5. The minimum absolute atomic E-state index is 0.00281. The van der Waals surface area contributed by atoms with Crippen LogP contribution < -0.4 is 10.6 Å². The minimum Gasteiger partial charge on any atom is -0.349 e. The van der Waals surface area contributed by atoms with Crippen LogP contribution in [0.3, 0.4) is 0 Å². The smallest absolute Gasteiger partial charge is 0.263 e. The second-order valence-corrected chi connectivity index (χ2v) is 6.40. The second kappa shape index (κ2) is 6.70. The minimum atomic E-state index is -0.374. The van der Waals surface area contributed by atoms with Crippen molar-refractivity contribution in [1.29, 1.82) is 5.26 Å². The van der Waals surface area contributed by atoms with Crippen molar-refractivity contribution in [1.82, 2.24) is 15.2 Å². The summed E-state index contributed by atoms with van der Waals surface area (Å²) >= 11 is 1.57. The first-order chi connectivity index (χ1) is 9.99.